The number of benzene rings is 3. The van der Waals surface area contributed by atoms with Gasteiger partial charge in [-0.1, -0.05) is 0 Å². The summed E-state index contributed by atoms with van der Waals surface area (Å²) in [5.74, 6) is -2.22. The number of nitrogens with zero attached hydrogens (tertiary/aromatic N) is 4. The molecule has 0 saturated carbocycles. The molecule has 11 heteroatoms. The summed E-state index contributed by atoms with van der Waals surface area (Å²) in [4.78, 5) is 17.5. The van der Waals surface area contributed by atoms with Crippen LogP contribution in [0.3, 0.4) is 0 Å². The molecule has 3 aromatic carbocycles. The highest BCUT2D eigenvalue weighted by atomic mass is 19.1. The molecule has 230 valence electrons. The number of fused-ring (bicyclic) bond motifs is 1. The molecule has 1 aromatic heterocycles. The number of hydrogen-bond acceptors (Lipinski definition) is 4. The molecule has 4 aromatic rings. The van der Waals surface area contributed by atoms with Crippen molar-refractivity contribution in [3.8, 4) is 0 Å². The number of nitrogens with one attached hydrogen (secondary N) is 2. The van der Waals surface area contributed by atoms with Gasteiger partial charge in [-0.25, -0.2) is 17.6 Å². The van der Waals surface area contributed by atoms with E-state index in [2.05, 4.69) is 32.4 Å². The van der Waals surface area contributed by atoms with Gasteiger partial charge in [0.2, 0.25) is 0 Å². The molecule has 0 aliphatic carbocycles. The SMILES string of the molecule is CC1(C)c2[nH]nc(NC(=O)c3ccc(N4CC[N+](C)(Cc5cc(F)cc(F)c5)CC4)cc3)c2CN1Cc1cc(F)cc(F)c1. The third-order valence-electron chi connectivity index (χ3n) is 8.95. The van der Waals surface area contributed by atoms with Crippen LogP contribution in [0.4, 0.5) is 29.1 Å². The maximum absolute atomic E-state index is 13.8. The van der Waals surface area contributed by atoms with E-state index >= 15 is 0 Å². The molecule has 7 nitrogen and oxygen atoms in total. The zero-order chi connectivity index (χ0) is 31.2. The predicted molar refractivity (Wildman–Crippen MR) is 160 cm³/mol. The lowest BCUT2D eigenvalue weighted by Gasteiger charge is -2.43. The van der Waals surface area contributed by atoms with Crippen LogP contribution in [-0.2, 0) is 25.2 Å². The first-order valence-electron chi connectivity index (χ1n) is 14.6. The molecule has 1 fully saturated rings. The Morgan fingerprint density at radius 3 is 2.07 bits per heavy atom. The summed E-state index contributed by atoms with van der Waals surface area (Å²) in [5.41, 5.74) is 3.85. The topological polar surface area (TPSA) is 64.3 Å². The second-order valence-electron chi connectivity index (χ2n) is 12.6. The molecule has 2 N–H and O–H groups in total. The minimum absolute atomic E-state index is 0.292. The number of likely N-dealkylation sites (N-methyl/N-ethyl adjacent to an activating group) is 1. The van der Waals surface area contributed by atoms with Crippen molar-refractivity contribution in [3.05, 3.63) is 112 Å². The molecule has 2 aliphatic rings. The fourth-order valence-electron chi connectivity index (χ4n) is 6.36. The largest absolute Gasteiger partial charge is 0.360 e. The Morgan fingerprint density at radius 2 is 1.48 bits per heavy atom. The average molecular weight is 608 g/mol. The highest BCUT2D eigenvalue weighted by Gasteiger charge is 2.41. The Balaban J connectivity index is 1.07. The van der Waals surface area contributed by atoms with Gasteiger partial charge in [-0.2, -0.15) is 5.10 Å². The third-order valence-corrected chi connectivity index (χ3v) is 8.95. The van der Waals surface area contributed by atoms with E-state index < -0.39 is 28.8 Å². The molecule has 1 saturated heterocycles. The minimum Gasteiger partial charge on any atom is -0.360 e. The fourth-order valence-corrected chi connectivity index (χ4v) is 6.36. The van der Waals surface area contributed by atoms with E-state index in [1.165, 1.54) is 24.3 Å². The number of halogens is 4. The molecule has 0 bridgehead atoms. The normalized spacial score (nSPS) is 17.5. The van der Waals surface area contributed by atoms with Gasteiger partial charge in [0, 0.05) is 47.6 Å². The lowest BCUT2D eigenvalue weighted by molar-refractivity contribution is -0.923. The van der Waals surface area contributed by atoms with Gasteiger partial charge in [0.1, 0.15) is 29.8 Å². The van der Waals surface area contributed by atoms with Gasteiger partial charge in [0.05, 0.1) is 44.5 Å². The summed E-state index contributed by atoms with van der Waals surface area (Å²) in [6.07, 6.45) is 0. The molecule has 0 unspecified atom stereocenters. The Hall–Kier alpha value is -4.22. The van der Waals surface area contributed by atoms with E-state index in [0.717, 1.165) is 55.3 Å². The number of quaternary nitrogens is 1. The number of H-pyrrole nitrogens is 1. The number of rotatable bonds is 7. The first-order chi connectivity index (χ1) is 20.9. The summed E-state index contributed by atoms with van der Waals surface area (Å²) in [5, 5.41) is 10.3. The summed E-state index contributed by atoms with van der Waals surface area (Å²) in [7, 11) is 2.10. The van der Waals surface area contributed by atoms with Crippen LogP contribution in [0.25, 0.3) is 0 Å². The van der Waals surface area contributed by atoms with Crippen LogP contribution in [0.1, 0.15) is 46.6 Å². The van der Waals surface area contributed by atoms with Crippen molar-refractivity contribution < 1.29 is 26.8 Å². The van der Waals surface area contributed by atoms with Gasteiger partial charge >= 0.3 is 0 Å². The van der Waals surface area contributed by atoms with E-state index in [1.807, 2.05) is 26.0 Å². The zero-order valence-corrected chi connectivity index (χ0v) is 24.9. The quantitative estimate of drug-likeness (QED) is 0.202. The molecule has 2 aliphatic heterocycles. The number of aromatic nitrogens is 2. The Bertz CT molecular complexity index is 1650. The number of hydrogen-bond donors (Lipinski definition) is 2. The third kappa shape index (κ3) is 6.07. The zero-order valence-electron chi connectivity index (χ0n) is 24.9. The van der Waals surface area contributed by atoms with Crippen molar-refractivity contribution in [2.75, 3.05) is 43.4 Å². The Labute approximate surface area is 253 Å². The van der Waals surface area contributed by atoms with Crippen molar-refractivity contribution >= 4 is 17.4 Å². The fraction of sp³-hybridized carbons (Fsp3) is 0.333. The van der Waals surface area contributed by atoms with Crippen molar-refractivity contribution in [1.82, 2.24) is 15.1 Å². The molecule has 0 atom stereocenters. The minimum atomic E-state index is -0.618. The lowest BCUT2D eigenvalue weighted by Crippen LogP contribution is -2.56. The molecular weight excluding hydrogens is 572 g/mol. The van der Waals surface area contributed by atoms with Crippen molar-refractivity contribution in [2.45, 2.75) is 39.0 Å². The predicted octanol–water partition coefficient (Wildman–Crippen LogP) is 5.94. The highest BCUT2D eigenvalue weighted by molar-refractivity contribution is 6.04. The van der Waals surface area contributed by atoms with Gasteiger partial charge < -0.3 is 14.7 Å². The molecule has 1 amide bonds. The molecule has 0 radical (unpaired) electrons. The van der Waals surface area contributed by atoms with Crippen LogP contribution in [0.15, 0.2) is 60.7 Å². The standard InChI is InChI=1S/C33H34F4N6O/c1-33(2)30-29(19-42(33)18-21-12-24(34)16-25(35)13-21)31(40-39-30)38-32(44)23-4-6-28(7-5-23)41-8-10-43(3,11-9-41)20-22-14-26(36)17-27(37)15-22/h4-7,12-17H,8-11,18-20H2,1-3H3,(H-,38,39,40,44)/p+1. The molecule has 44 heavy (non-hydrogen) atoms. The first-order valence-corrected chi connectivity index (χ1v) is 14.6. The van der Waals surface area contributed by atoms with Gasteiger partial charge in [-0.05, 0) is 67.9 Å². The van der Waals surface area contributed by atoms with Crippen molar-refractivity contribution in [1.29, 1.82) is 0 Å². The second kappa shape index (κ2) is 11.4. The molecule has 3 heterocycles. The van der Waals surface area contributed by atoms with Crippen LogP contribution in [0.5, 0.6) is 0 Å². The van der Waals surface area contributed by atoms with Gasteiger partial charge in [-0.3, -0.25) is 14.8 Å². The van der Waals surface area contributed by atoms with Gasteiger partial charge in [0.15, 0.2) is 5.82 Å². The number of piperazine rings is 1. The summed E-state index contributed by atoms with van der Waals surface area (Å²) in [6.45, 7) is 8.50. The van der Waals surface area contributed by atoms with Crippen LogP contribution >= 0.6 is 0 Å². The highest BCUT2D eigenvalue weighted by Crippen LogP contribution is 2.41. The molecule has 6 rings (SSSR count). The van der Waals surface area contributed by atoms with Crippen molar-refractivity contribution in [2.24, 2.45) is 0 Å². The average Bonchev–Trinajstić information content (AvgIpc) is 3.45. The Morgan fingerprint density at radius 1 is 0.909 bits per heavy atom. The van der Waals surface area contributed by atoms with E-state index in [4.69, 9.17) is 0 Å². The van der Waals surface area contributed by atoms with Gasteiger partial charge in [-0.15, -0.1) is 0 Å². The number of carbonyl (C=O) groups excluding carboxylic acids is 1. The number of carbonyl (C=O) groups is 1. The number of amides is 1. The molecule has 0 spiro atoms. The monoisotopic (exact) mass is 607 g/mol. The van der Waals surface area contributed by atoms with Gasteiger partial charge in [0.25, 0.3) is 5.91 Å². The van der Waals surface area contributed by atoms with Crippen molar-refractivity contribution in [3.63, 3.8) is 0 Å². The summed E-state index contributed by atoms with van der Waals surface area (Å²) < 4.78 is 55.6. The van der Waals surface area contributed by atoms with Crippen LogP contribution in [0, 0.1) is 23.3 Å². The Kier molecular flexibility index (Phi) is 7.71. The number of anilines is 2. The van der Waals surface area contributed by atoms with E-state index in [1.54, 1.807) is 12.1 Å². The smallest absolute Gasteiger partial charge is 0.256 e. The van der Waals surface area contributed by atoms with Crippen LogP contribution in [0.2, 0.25) is 0 Å². The number of aromatic amines is 1. The second-order valence-corrected chi connectivity index (χ2v) is 12.6. The van der Waals surface area contributed by atoms with Crippen LogP contribution < -0.4 is 10.2 Å². The van der Waals surface area contributed by atoms with E-state index in [-0.39, 0.29) is 5.91 Å². The summed E-state index contributed by atoms with van der Waals surface area (Å²) >= 11 is 0. The maximum atomic E-state index is 13.8. The first kappa shape index (κ1) is 29.8. The lowest BCUT2D eigenvalue weighted by atomic mass is 10.00. The summed E-state index contributed by atoms with van der Waals surface area (Å²) in [6, 6.07) is 14.6. The van der Waals surface area contributed by atoms with E-state index in [9.17, 15) is 22.4 Å². The van der Waals surface area contributed by atoms with Crippen LogP contribution in [-0.4, -0.2) is 58.7 Å². The van der Waals surface area contributed by atoms with E-state index in [0.29, 0.717) is 46.6 Å². The molecular formula is C33H35F4N6O+. The maximum Gasteiger partial charge on any atom is 0.256 e.